The first kappa shape index (κ1) is 21.4. The van der Waals surface area contributed by atoms with E-state index in [9.17, 15) is 26.8 Å². The topological polar surface area (TPSA) is 86.8 Å². The molecule has 2 aliphatic rings. The highest BCUT2D eigenvalue weighted by atomic mass is 32.2. The van der Waals surface area contributed by atoms with Gasteiger partial charge in [-0.05, 0) is 48.7 Å². The number of nitrogens with zero attached hydrogens (tertiary/aromatic N) is 2. The van der Waals surface area contributed by atoms with Crippen LogP contribution in [0.15, 0.2) is 41.3 Å². The second-order valence-corrected chi connectivity index (χ2v) is 9.56. The van der Waals surface area contributed by atoms with E-state index in [-0.39, 0.29) is 17.0 Å². The van der Waals surface area contributed by atoms with Crippen LogP contribution in [0.5, 0.6) is 0 Å². The lowest BCUT2D eigenvalue weighted by molar-refractivity contribution is -0.122. The number of carbonyl (C=O) groups excluding carboxylic acids is 2. The third-order valence-electron chi connectivity index (χ3n) is 5.57. The lowest BCUT2D eigenvalue weighted by atomic mass is 10.1. The van der Waals surface area contributed by atoms with Crippen molar-refractivity contribution < 1.29 is 26.8 Å². The van der Waals surface area contributed by atoms with Crippen LogP contribution in [0.2, 0.25) is 0 Å². The minimum Gasteiger partial charge on any atom is -0.322 e. The molecule has 2 heterocycles. The van der Waals surface area contributed by atoms with Crippen LogP contribution < -0.4 is 10.2 Å². The molecule has 7 nitrogen and oxygen atoms in total. The van der Waals surface area contributed by atoms with Gasteiger partial charge in [0.05, 0.1) is 10.6 Å². The number of halogens is 2. The summed E-state index contributed by atoms with van der Waals surface area (Å²) < 4.78 is 54.2. The summed E-state index contributed by atoms with van der Waals surface area (Å²) in [6.45, 7) is 2.23. The van der Waals surface area contributed by atoms with Crippen molar-refractivity contribution in [2.24, 2.45) is 0 Å². The Morgan fingerprint density at radius 1 is 1.06 bits per heavy atom. The number of hydrogen-bond acceptors (Lipinski definition) is 4. The van der Waals surface area contributed by atoms with E-state index in [0.29, 0.717) is 30.4 Å². The highest BCUT2D eigenvalue weighted by Crippen LogP contribution is 2.35. The van der Waals surface area contributed by atoms with Crippen LogP contribution in [0.3, 0.4) is 0 Å². The van der Waals surface area contributed by atoms with Gasteiger partial charge in [0.2, 0.25) is 21.8 Å². The highest BCUT2D eigenvalue weighted by molar-refractivity contribution is 7.89. The Morgan fingerprint density at radius 2 is 1.77 bits per heavy atom. The Balaban J connectivity index is 1.62. The fourth-order valence-electron chi connectivity index (χ4n) is 4.07. The molecule has 0 radical (unpaired) electrons. The Kier molecular flexibility index (Phi) is 5.52. The van der Waals surface area contributed by atoms with E-state index in [1.165, 1.54) is 34.3 Å². The molecule has 31 heavy (non-hydrogen) atoms. The molecule has 1 N–H and O–H groups in total. The molecule has 2 aromatic carbocycles. The number of hydrogen-bond donors (Lipinski definition) is 1. The normalized spacial score (nSPS) is 18.8. The smallest absolute Gasteiger partial charge is 0.247 e. The van der Waals surface area contributed by atoms with E-state index in [0.717, 1.165) is 25.0 Å². The van der Waals surface area contributed by atoms with Crippen molar-refractivity contribution in [1.82, 2.24) is 4.31 Å². The molecule has 0 saturated carbocycles. The van der Waals surface area contributed by atoms with Crippen molar-refractivity contribution >= 4 is 33.2 Å². The van der Waals surface area contributed by atoms with E-state index in [1.54, 1.807) is 0 Å². The van der Waals surface area contributed by atoms with E-state index in [4.69, 9.17) is 0 Å². The number of carbonyl (C=O) groups is 2. The average Bonchev–Trinajstić information content (AvgIpc) is 3.37. The average molecular weight is 449 g/mol. The maximum atomic E-state index is 13.9. The van der Waals surface area contributed by atoms with Crippen LogP contribution >= 0.6 is 0 Å². The molecular weight excluding hydrogens is 428 g/mol. The zero-order valence-corrected chi connectivity index (χ0v) is 17.6. The predicted molar refractivity (Wildman–Crippen MR) is 110 cm³/mol. The monoisotopic (exact) mass is 449 g/mol. The van der Waals surface area contributed by atoms with Crippen LogP contribution in [0.1, 0.15) is 25.3 Å². The third kappa shape index (κ3) is 3.92. The van der Waals surface area contributed by atoms with Crippen LogP contribution in [-0.4, -0.2) is 43.7 Å². The van der Waals surface area contributed by atoms with Gasteiger partial charge in [0.15, 0.2) is 0 Å². The summed E-state index contributed by atoms with van der Waals surface area (Å²) in [4.78, 5) is 26.5. The largest absolute Gasteiger partial charge is 0.322 e. The number of nitrogens with one attached hydrogen (secondary N) is 1. The molecule has 1 fully saturated rings. The maximum absolute atomic E-state index is 13.9. The van der Waals surface area contributed by atoms with Crippen molar-refractivity contribution in [3.63, 3.8) is 0 Å². The highest BCUT2D eigenvalue weighted by Gasteiger charge is 2.38. The summed E-state index contributed by atoms with van der Waals surface area (Å²) in [6, 6.07) is 6.22. The lowest BCUT2D eigenvalue weighted by Gasteiger charge is -2.23. The van der Waals surface area contributed by atoms with Crippen LogP contribution in [0.25, 0.3) is 0 Å². The van der Waals surface area contributed by atoms with Gasteiger partial charge in [-0.25, -0.2) is 17.2 Å². The summed E-state index contributed by atoms with van der Waals surface area (Å²) >= 11 is 0. The van der Waals surface area contributed by atoms with E-state index < -0.39 is 39.5 Å². The van der Waals surface area contributed by atoms with E-state index in [1.807, 2.05) is 0 Å². The molecule has 0 unspecified atom stereocenters. The zero-order valence-electron chi connectivity index (χ0n) is 16.8. The number of anilines is 2. The first-order valence-corrected chi connectivity index (χ1v) is 11.3. The van der Waals surface area contributed by atoms with Crippen LogP contribution in [-0.2, 0) is 26.0 Å². The van der Waals surface area contributed by atoms with Crippen molar-refractivity contribution in [2.75, 3.05) is 23.3 Å². The molecule has 2 aliphatic heterocycles. The van der Waals surface area contributed by atoms with Crippen molar-refractivity contribution in [3.05, 3.63) is 53.6 Å². The van der Waals surface area contributed by atoms with Gasteiger partial charge in [-0.2, -0.15) is 4.31 Å². The molecule has 1 saturated heterocycles. The van der Waals surface area contributed by atoms with Crippen LogP contribution in [0, 0.1) is 11.6 Å². The van der Waals surface area contributed by atoms with E-state index in [2.05, 4.69) is 5.32 Å². The van der Waals surface area contributed by atoms with Crippen molar-refractivity contribution in [1.29, 1.82) is 0 Å². The summed E-state index contributed by atoms with van der Waals surface area (Å²) in [5.74, 6) is -2.77. The van der Waals surface area contributed by atoms with Gasteiger partial charge in [-0.3, -0.25) is 14.5 Å². The summed E-state index contributed by atoms with van der Waals surface area (Å²) in [6.07, 6.45) is 1.70. The van der Waals surface area contributed by atoms with Gasteiger partial charge in [0, 0.05) is 38.2 Å². The van der Waals surface area contributed by atoms with Gasteiger partial charge in [-0.1, -0.05) is 0 Å². The molecule has 2 aromatic rings. The first-order chi connectivity index (χ1) is 14.7. The minimum absolute atomic E-state index is 0.0763. The fourth-order valence-corrected chi connectivity index (χ4v) is 5.64. The third-order valence-corrected chi connectivity index (χ3v) is 7.46. The first-order valence-electron chi connectivity index (χ1n) is 9.87. The number of fused-ring (bicyclic) bond motifs is 1. The number of sulfonamides is 1. The lowest BCUT2D eigenvalue weighted by Crippen LogP contribution is -2.44. The van der Waals surface area contributed by atoms with Gasteiger partial charge in [0.1, 0.15) is 17.7 Å². The van der Waals surface area contributed by atoms with Crippen LogP contribution in [0.4, 0.5) is 20.2 Å². The molecule has 0 spiro atoms. The van der Waals surface area contributed by atoms with Gasteiger partial charge >= 0.3 is 0 Å². The number of amides is 2. The summed E-state index contributed by atoms with van der Waals surface area (Å²) in [5.41, 5.74) is 0.769. The minimum atomic E-state index is -3.65. The number of rotatable bonds is 4. The predicted octanol–water partition coefficient (Wildman–Crippen LogP) is 2.67. The second kappa shape index (κ2) is 8.01. The molecule has 2 amide bonds. The standard InChI is InChI=1S/C21H21F2N3O4S/c1-13(27)26-19-7-5-16(31(29,30)25-8-2-3-9-25)10-14(19)11-20(26)21(28)24-18-6-4-15(22)12-17(18)23/h4-7,10,12,20H,2-3,8-9,11H2,1H3,(H,24,28)/t20-/m1/s1. The molecular formula is C21H21F2N3O4S. The zero-order chi connectivity index (χ0) is 22.3. The Morgan fingerprint density at radius 3 is 2.42 bits per heavy atom. The van der Waals surface area contributed by atoms with Gasteiger partial charge < -0.3 is 5.32 Å². The maximum Gasteiger partial charge on any atom is 0.247 e. The second-order valence-electron chi connectivity index (χ2n) is 7.62. The molecule has 0 aliphatic carbocycles. The summed E-state index contributed by atoms with van der Waals surface area (Å²) in [7, 11) is -3.65. The molecule has 4 rings (SSSR count). The van der Waals surface area contributed by atoms with Gasteiger partial charge in [-0.15, -0.1) is 0 Å². The van der Waals surface area contributed by atoms with Crippen molar-refractivity contribution in [2.45, 2.75) is 37.1 Å². The molecule has 0 bridgehead atoms. The molecule has 0 aromatic heterocycles. The molecule has 1 atom stereocenters. The quantitative estimate of drug-likeness (QED) is 0.778. The Bertz CT molecular complexity index is 1160. The summed E-state index contributed by atoms with van der Waals surface area (Å²) in [5, 5.41) is 2.39. The fraction of sp³-hybridized carbons (Fsp3) is 0.333. The Labute approximate surface area is 178 Å². The van der Waals surface area contributed by atoms with E-state index >= 15 is 0 Å². The number of benzene rings is 2. The Hall–Kier alpha value is -2.85. The van der Waals surface area contributed by atoms with Gasteiger partial charge in [0.25, 0.3) is 0 Å². The molecule has 164 valence electrons. The van der Waals surface area contributed by atoms with Crippen molar-refractivity contribution in [3.8, 4) is 0 Å². The SMILES string of the molecule is CC(=O)N1c2ccc(S(=O)(=O)N3CCCC3)cc2C[C@@H]1C(=O)Nc1ccc(F)cc1F. The molecule has 10 heteroatoms.